The van der Waals surface area contributed by atoms with Crippen LogP contribution >= 0.6 is 0 Å². The van der Waals surface area contributed by atoms with E-state index >= 15 is 0 Å². The summed E-state index contributed by atoms with van der Waals surface area (Å²) in [6, 6.07) is 4.83. The first-order valence-corrected chi connectivity index (χ1v) is 10.6. The van der Waals surface area contributed by atoms with Gasteiger partial charge in [-0.05, 0) is 42.7 Å². The van der Waals surface area contributed by atoms with E-state index in [1.54, 1.807) is 12.1 Å². The van der Waals surface area contributed by atoms with Crippen LogP contribution in [0.3, 0.4) is 0 Å². The van der Waals surface area contributed by atoms with E-state index in [0.717, 1.165) is 38.0 Å². The van der Waals surface area contributed by atoms with Crippen molar-refractivity contribution >= 4 is 5.97 Å². The number of aryl methyl sites for hydroxylation is 1. The number of hydrogen-bond donors (Lipinski definition) is 0. The molecule has 2 nitrogen and oxygen atoms in total. The lowest BCUT2D eigenvalue weighted by Gasteiger charge is -2.28. The number of benzene rings is 1. The van der Waals surface area contributed by atoms with Gasteiger partial charge in [0.15, 0.2) is 0 Å². The molecule has 0 atom stereocenters. The van der Waals surface area contributed by atoms with E-state index in [2.05, 4.69) is 13.8 Å². The second-order valence-electron chi connectivity index (χ2n) is 7.90. The van der Waals surface area contributed by atoms with Gasteiger partial charge in [-0.1, -0.05) is 71.3 Å². The van der Waals surface area contributed by atoms with Crippen LogP contribution in [0.1, 0.15) is 90.0 Å². The minimum atomic E-state index is -0.263. The SMILES string of the molecule is CCCCCc1ccc(OC(=O)CC[C@H]2CC[C@H](CCC)CC2)cc1F. The van der Waals surface area contributed by atoms with Crippen LogP contribution in [0.25, 0.3) is 0 Å². The molecule has 0 saturated heterocycles. The van der Waals surface area contributed by atoms with Crippen LogP contribution in [0.5, 0.6) is 5.75 Å². The molecular formula is C23H35FO2. The van der Waals surface area contributed by atoms with Crippen LogP contribution in [0, 0.1) is 17.7 Å². The fourth-order valence-electron chi connectivity index (χ4n) is 4.08. The highest BCUT2D eigenvalue weighted by molar-refractivity contribution is 5.72. The van der Waals surface area contributed by atoms with Crippen LogP contribution in [-0.4, -0.2) is 5.97 Å². The predicted molar refractivity (Wildman–Crippen MR) is 105 cm³/mol. The quantitative estimate of drug-likeness (QED) is 0.258. The zero-order chi connectivity index (χ0) is 18.8. The maximum absolute atomic E-state index is 14.1. The predicted octanol–water partition coefficient (Wildman–Crippen LogP) is 6.85. The molecule has 0 N–H and O–H groups in total. The minimum absolute atomic E-state index is 0.237. The summed E-state index contributed by atoms with van der Waals surface area (Å²) in [5.74, 6) is 1.37. The average molecular weight is 363 g/mol. The molecule has 0 amide bonds. The van der Waals surface area contributed by atoms with Gasteiger partial charge in [0.1, 0.15) is 11.6 Å². The van der Waals surface area contributed by atoms with Crippen LogP contribution in [0.4, 0.5) is 4.39 Å². The van der Waals surface area contributed by atoms with Crippen molar-refractivity contribution in [3.05, 3.63) is 29.6 Å². The largest absolute Gasteiger partial charge is 0.426 e. The van der Waals surface area contributed by atoms with E-state index in [0.29, 0.717) is 23.7 Å². The van der Waals surface area contributed by atoms with Crippen molar-refractivity contribution in [3.8, 4) is 5.75 Å². The van der Waals surface area contributed by atoms with Crippen LogP contribution in [0.15, 0.2) is 18.2 Å². The Labute approximate surface area is 158 Å². The van der Waals surface area contributed by atoms with Gasteiger partial charge in [-0.2, -0.15) is 0 Å². The second kappa shape index (κ2) is 11.4. The second-order valence-corrected chi connectivity index (χ2v) is 7.90. The molecule has 0 bridgehead atoms. The Hall–Kier alpha value is -1.38. The fourth-order valence-corrected chi connectivity index (χ4v) is 4.08. The molecule has 0 heterocycles. The zero-order valence-electron chi connectivity index (χ0n) is 16.6. The summed E-state index contributed by atoms with van der Waals surface area (Å²) >= 11 is 0. The lowest BCUT2D eigenvalue weighted by molar-refractivity contribution is -0.134. The van der Waals surface area contributed by atoms with Crippen molar-refractivity contribution in [2.45, 2.75) is 90.9 Å². The van der Waals surface area contributed by atoms with Crippen LogP contribution in [-0.2, 0) is 11.2 Å². The number of ether oxygens (including phenoxy) is 1. The maximum Gasteiger partial charge on any atom is 0.311 e. The highest BCUT2D eigenvalue weighted by Crippen LogP contribution is 2.33. The van der Waals surface area contributed by atoms with Gasteiger partial charge in [0.05, 0.1) is 0 Å². The third-order valence-electron chi connectivity index (χ3n) is 5.73. The Morgan fingerprint density at radius 2 is 1.73 bits per heavy atom. The molecule has 3 heteroatoms. The molecule has 0 aliphatic heterocycles. The number of unbranched alkanes of at least 4 members (excludes halogenated alkanes) is 2. The third-order valence-corrected chi connectivity index (χ3v) is 5.73. The first-order chi connectivity index (χ1) is 12.6. The van der Waals surface area contributed by atoms with Crippen molar-refractivity contribution in [2.75, 3.05) is 0 Å². The fraction of sp³-hybridized carbons (Fsp3) is 0.696. The van der Waals surface area contributed by atoms with Crippen LogP contribution in [0.2, 0.25) is 0 Å². The minimum Gasteiger partial charge on any atom is -0.426 e. The van der Waals surface area contributed by atoms with Gasteiger partial charge in [0.2, 0.25) is 0 Å². The normalized spacial score (nSPS) is 20.1. The number of hydrogen-bond acceptors (Lipinski definition) is 2. The molecule has 0 radical (unpaired) electrons. The van der Waals surface area contributed by atoms with Gasteiger partial charge in [-0.15, -0.1) is 0 Å². The monoisotopic (exact) mass is 362 g/mol. The number of carbonyl (C=O) groups excluding carboxylic acids is 1. The smallest absolute Gasteiger partial charge is 0.311 e. The summed E-state index contributed by atoms with van der Waals surface area (Å²) < 4.78 is 19.5. The standard InChI is InChI=1S/C23H35FO2/c1-3-5-6-8-20-14-15-21(17-22(20)24)26-23(25)16-13-19-11-9-18(7-4-2)10-12-19/h14-15,17-19H,3-13,16H2,1-2H3/t18-,19-. The van der Waals surface area contributed by atoms with E-state index in [-0.39, 0.29) is 11.8 Å². The van der Waals surface area contributed by atoms with Gasteiger partial charge in [0.25, 0.3) is 0 Å². The van der Waals surface area contributed by atoms with Crippen molar-refractivity contribution < 1.29 is 13.9 Å². The summed E-state index contributed by atoms with van der Waals surface area (Å²) in [5, 5.41) is 0. The van der Waals surface area contributed by atoms with Crippen molar-refractivity contribution in [1.82, 2.24) is 0 Å². The summed E-state index contributed by atoms with van der Waals surface area (Å²) in [7, 11) is 0. The average Bonchev–Trinajstić information content (AvgIpc) is 2.63. The number of esters is 1. The summed E-state index contributed by atoms with van der Waals surface area (Å²) in [6.07, 6.45) is 13.0. The number of rotatable bonds is 10. The topological polar surface area (TPSA) is 26.3 Å². The van der Waals surface area contributed by atoms with E-state index in [4.69, 9.17) is 4.74 Å². The van der Waals surface area contributed by atoms with Gasteiger partial charge in [0, 0.05) is 12.5 Å². The summed E-state index contributed by atoms with van der Waals surface area (Å²) in [4.78, 5) is 12.1. The molecule has 0 aromatic heterocycles. The molecule has 1 saturated carbocycles. The Bertz CT molecular complexity index is 547. The Morgan fingerprint density at radius 1 is 1.04 bits per heavy atom. The van der Waals surface area contributed by atoms with Crippen molar-refractivity contribution in [3.63, 3.8) is 0 Å². The van der Waals surface area contributed by atoms with E-state index in [1.165, 1.54) is 44.6 Å². The first-order valence-electron chi connectivity index (χ1n) is 10.6. The maximum atomic E-state index is 14.1. The highest BCUT2D eigenvalue weighted by atomic mass is 19.1. The zero-order valence-corrected chi connectivity index (χ0v) is 16.6. The highest BCUT2D eigenvalue weighted by Gasteiger charge is 2.21. The number of halogens is 1. The van der Waals surface area contributed by atoms with E-state index in [1.807, 2.05) is 0 Å². The van der Waals surface area contributed by atoms with Gasteiger partial charge in [-0.3, -0.25) is 4.79 Å². The summed E-state index contributed by atoms with van der Waals surface area (Å²) in [6.45, 7) is 4.39. The van der Waals surface area contributed by atoms with Gasteiger partial charge in [-0.25, -0.2) is 4.39 Å². The summed E-state index contributed by atoms with van der Waals surface area (Å²) in [5.41, 5.74) is 0.710. The Balaban J connectivity index is 1.71. The Morgan fingerprint density at radius 3 is 2.35 bits per heavy atom. The number of carbonyl (C=O) groups is 1. The molecule has 1 aromatic rings. The van der Waals surface area contributed by atoms with E-state index in [9.17, 15) is 9.18 Å². The molecule has 1 aliphatic rings. The molecule has 26 heavy (non-hydrogen) atoms. The third kappa shape index (κ3) is 7.09. The molecule has 1 fully saturated rings. The molecular weight excluding hydrogens is 327 g/mol. The van der Waals surface area contributed by atoms with Crippen molar-refractivity contribution in [2.24, 2.45) is 11.8 Å². The van der Waals surface area contributed by atoms with Crippen LogP contribution < -0.4 is 4.74 Å². The Kier molecular flexibility index (Phi) is 9.14. The van der Waals surface area contributed by atoms with Gasteiger partial charge < -0.3 is 4.74 Å². The molecule has 2 rings (SSSR count). The molecule has 1 aliphatic carbocycles. The first kappa shape index (κ1) is 20.9. The van der Waals surface area contributed by atoms with Crippen molar-refractivity contribution in [1.29, 1.82) is 0 Å². The lowest BCUT2D eigenvalue weighted by atomic mass is 9.78. The van der Waals surface area contributed by atoms with Gasteiger partial charge >= 0.3 is 5.97 Å². The lowest BCUT2D eigenvalue weighted by Crippen LogP contribution is -2.17. The molecule has 0 unspecified atom stereocenters. The molecule has 0 spiro atoms. The molecule has 146 valence electrons. The van der Waals surface area contributed by atoms with E-state index < -0.39 is 0 Å². The molecule has 1 aromatic carbocycles.